The molecule has 1 amide bonds. The van der Waals surface area contributed by atoms with E-state index < -0.39 is 11.6 Å². The molecule has 1 saturated carbocycles. The van der Waals surface area contributed by atoms with Gasteiger partial charge in [0.25, 0.3) is 0 Å². The zero-order chi connectivity index (χ0) is 15.4. The Kier molecular flexibility index (Phi) is 5.28. The number of halogens is 2. The molecular formula is C16H22F2N2O. The zero-order valence-corrected chi connectivity index (χ0v) is 12.5. The van der Waals surface area contributed by atoms with E-state index in [0.717, 1.165) is 18.6 Å². The maximum absolute atomic E-state index is 13.1. The minimum Gasteiger partial charge on any atom is -0.325 e. The molecule has 0 heterocycles. The second-order valence-electron chi connectivity index (χ2n) is 5.87. The summed E-state index contributed by atoms with van der Waals surface area (Å²) in [7, 11) is 0. The highest BCUT2D eigenvalue weighted by Crippen LogP contribution is 2.24. The van der Waals surface area contributed by atoms with Gasteiger partial charge in [-0.25, -0.2) is 8.78 Å². The summed E-state index contributed by atoms with van der Waals surface area (Å²) < 4.78 is 26.0. The number of nitrogens with one attached hydrogen (secondary N) is 2. The van der Waals surface area contributed by atoms with Crippen LogP contribution >= 0.6 is 0 Å². The molecule has 3 atom stereocenters. The largest absolute Gasteiger partial charge is 0.325 e. The molecule has 1 aromatic rings. The highest BCUT2D eigenvalue weighted by atomic mass is 19.2. The normalized spacial score (nSPS) is 23.6. The Morgan fingerprint density at radius 2 is 1.95 bits per heavy atom. The van der Waals surface area contributed by atoms with Crippen molar-refractivity contribution in [1.29, 1.82) is 0 Å². The summed E-state index contributed by atoms with van der Waals surface area (Å²) in [5.74, 6) is -1.57. The second-order valence-corrected chi connectivity index (χ2v) is 5.87. The van der Waals surface area contributed by atoms with Crippen LogP contribution in [0.3, 0.4) is 0 Å². The third-order valence-electron chi connectivity index (χ3n) is 4.16. The number of amides is 1. The average Bonchev–Trinajstić information content (AvgIpc) is 2.45. The van der Waals surface area contributed by atoms with Crippen molar-refractivity contribution in [2.45, 2.75) is 51.6 Å². The Bertz CT molecular complexity index is 507. The van der Waals surface area contributed by atoms with E-state index >= 15 is 0 Å². The average molecular weight is 296 g/mol. The van der Waals surface area contributed by atoms with Crippen molar-refractivity contribution >= 4 is 11.6 Å². The third kappa shape index (κ3) is 4.24. The summed E-state index contributed by atoms with van der Waals surface area (Å²) in [6.07, 6.45) is 4.67. The van der Waals surface area contributed by atoms with Crippen molar-refractivity contribution in [3.63, 3.8) is 0 Å². The summed E-state index contributed by atoms with van der Waals surface area (Å²) in [5.41, 5.74) is 0.268. The molecule has 1 fully saturated rings. The van der Waals surface area contributed by atoms with Crippen LogP contribution in [0.25, 0.3) is 0 Å². The predicted octanol–water partition coefficient (Wildman–Crippen LogP) is 3.46. The van der Waals surface area contributed by atoms with Crippen molar-refractivity contribution in [2.24, 2.45) is 5.92 Å². The van der Waals surface area contributed by atoms with Crippen LogP contribution < -0.4 is 10.6 Å². The van der Waals surface area contributed by atoms with E-state index in [1.165, 1.54) is 25.3 Å². The van der Waals surface area contributed by atoms with Crippen molar-refractivity contribution in [3.05, 3.63) is 29.8 Å². The van der Waals surface area contributed by atoms with Crippen molar-refractivity contribution < 1.29 is 13.6 Å². The molecule has 116 valence electrons. The Balaban J connectivity index is 1.91. The minimum atomic E-state index is -0.964. The molecule has 0 aromatic heterocycles. The number of anilines is 1. The number of hydrogen-bond acceptors (Lipinski definition) is 2. The molecule has 1 aliphatic rings. The lowest BCUT2D eigenvalue weighted by molar-refractivity contribution is -0.118. The molecule has 3 unspecified atom stereocenters. The first-order valence-electron chi connectivity index (χ1n) is 7.49. The maximum Gasteiger partial charge on any atom is 0.241 e. The van der Waals surface area contributed by atoms with Gasteiger partial charge >= 0.3 is 0 Å². The van der Waals surface area contributed by atoms with Crippen molar-refractivity contribution in [1.82, 2.24) is 5.32 Å². The summed E-state index contributed by atoms with van der Waals surface area (Å²) >= 11 is 0. The van der Waals surface area contributed by atoms with Crippen LogP contribution in [0.4, 0.5) is 14.5 Å². The first-order valence-corrected chi connectivity index (χ1v) is 7.49. The molecule has 2 rings (SSSR count). The fourth-order valence-corrected chi connectivity index (χ4v) is 2.79. The van der Waals surface area contributed by atoms with Gasteiger partial charge in [-0.2, -0.15) is 0 Å². The number of carbonyl (C=O) groups excluding carboxylic acids is 1. The first kappa shape index (κ1) is 15.9. The van der Waals surface area contributed by atoms with Crippen molar-refractivity contribution in [3.8, 4) is 0 Å². The summed E-state index contributed by atoms with van der Waals surface area (Å²) in [6, 6.07) is 3.31. The number of rotatable bonds is 4. The minimum absolute atomic E-state index is 0.237. The molecule has 3 nitrogen and oxygen atoms in total. The van der Waals surface area contributed by atoms with Crippen LogP contribution in [0.1, 0.15) is 39.5 Å². The highest BCUT2D eigenvalue weighted by Gasteiger charge is 2.24. The number of carbonyl (C=O) groups is 1. The fraction of sp³-hybridized carbons (Fsp3) is 0.562. The van der Waals surface area contributed by atoms with Gasteiger partial charge in [0, 0.05) is 17.8 Å². The Labute approximate surface area is 124 Å². The molecule has 21 heavy (non-hydrogen) atoms. The molecule has 1 aromatic carbocycles. The Morgan fingerprint density at radius 1 is 1.24 bits per heavy atom. The molecule has 0 bridgehead atoms. The van der Waals surface area contributed by atoms with E-state index in [4.69, 9.17) is 0 Å². The molecule has 0 aliphatic heterocycles. The Hall–Kier alpha value is -1.49. The SMILES string of the molecule is CC(NC1CCCCC1C)C(=O)Nc1ccc(F)c(F)c1. The molecule has 0 saturated heterocycles. The van der Waals surface area contributed by atoms with Gasteiger partial charge in [-0.05, 0) is 37.8 Å². The summed E-state index contributed by atoms with van der Waals surface area (Å²) in [6.45, 7) is 3.98. The van der Waals surface area contributed by atoms with Crippen LogP contribution in [0, 0.1) is 17.6 Å². The monoisotopic (exact) mass is 296 g/mol. The van der Waals surface area contributed by atoms with Gasteiger partial charge in [0.05, 0.1) is 6.04 Å². The van der Waals surface area contributed by atoms with E-state index in [1.807, 2.05) is 0 Å². The van der Waals surface area contributed by atoms with Gasteiger partial charge in [0.15, 0.2) is 11.6 Å². The van der Waals surface area contributed by atoms with Gasteiger partial charge in [-0.3, -0.25) is 4.79 Å². The fourth-order valence-electron chi connectivity index (χ4n) is 2.79. The topological polar surface area (TPSA) is 41.1 Å². The quantitative estimate of drug-likeness (QED) is 0.893. The highest BCUT2D eigenvalue weighted by molar-refractivity contribution is 5.94. The van der Waals surface area contributed by atoms with Crippen LogP contribution in [0.2, 0.25) is 0 Å². The lowest BCUT2D eigenvalue weighted by Crippen LogP contribution is -2.47. The lowest BCUT2D eigenvalue weighted by Gasteiger charge is -2.31. The van der Waals surface area contributed by atoms with Gasteiger partial charge in [0.1, 0.15) is 0 Å². The third-order valence-corrected chi connectivity index (χ3v) is 4.16. The smallest absolute Gasteiger partial charge is 0.241 e. The van der Waals surface area contributed by atoms with E-state index in [2.05, 4.69) is 17.6 Å². The number of benzene rings is 1. The maximum atomic E-state index is 13.1. The van der Waals surface area contributed by atoms with E-state index in [1.54, 1.807) is 6.92 Å². The number of hydrogen-bond donors (Lipinski definition) is 2. The Morgan fingerprint density at radius 3 is 2.62 bits per heavy atom. The van der Waals surface area contributed by atoms with Crippen LogP contribution in [0.15, 0.2) is 18.2 Å². The molecule has 5 heteroatoms. The zero-order valence-electron chi connectivity index (χ0n) is 12.5. The van der Waals surface area contributed by atoms with Gasteiger partial charge in [-0.15, -0.1) is 0 Å². The predicted molar refractivity (Wildman–Crippen MR) is 79.0 cm³/mol. The molecule has 0 radical (unpaired) electrons. The standard InChI is InChI=1S/C16H22F2N2O/c1-10-5-3-4-6-15(10)19-11(2)16(21)20-12-7-8-13(17)14(18)9-12/h7-11,15,19H,3-6H2,1-2H3,(H,20,21). The van der Waals surface area contributed by atoms with Gasteiger partial charge in [0.2, 0.25) is 5.91 Å². The van der Waals surface area contributed by atoms with E-state index in [9.17, 15) is 13.6 Å². The lowest BCUT2D eigenvalue weighted by atomic mass is 9.85. The van der Waals surface area contributed by atoms with Gasteiger partial charge in [-0.1, -0.05) is 19.8 Å². The molecular weight excluding hydrogens is 274 g/mol. The first-order chi connectivity index (χ1) is 9.97. The van der Waals surface area contributed by atoms with Crippen LogP contribution in [0.5, 0.6) is 0 Å². The van der Waals surface area contributed by atoms with Crippen LogP contribution in [-0.2, 0) is 4.79 Å². The van der Waals surface area contributed by atoms with Crippen LogP contribution in [-0.4, -0.2) is 18.0 Å². The summed E-state index contributed by atoms with van der Waals surface area (Å²) in [4.78, 5) is 12.1. The molecule has 2 N–H and O–H groups in total. The summed E-state index contributed by atoms with van der Waals surface area (Å²) in [5, 5.41) is 5.94. The second kappa shape index (κ2) is 6.98. The van der Waals surface area contributed by atoms with E-state index in [0.29, 0.717) is 12.0 Å². The molecule has 0 spiro atoms. The van der Waals surface area contributed by atoms with E-state index in [-0.39, 0.29) is 17.6 Å². The molecule has 1 aliphatic carbocycles. The van der Waals surface area contributed by atoms with Crippen molar-refractivity contribution in [2.75, 3.05) is 5.32 Å². The van der Waals surface area contributed by atoms with Gasteiger partial charge < -0.3 is 10.6 Å².